The molecule has 0 atom stereocenters. The number of benzene rings is 1. The molecule has 1 aromatic carbocycles. The number of halogens is 1. The molecule has 0 spiro atoms. The molecule has 3 nitrogen and oxygen atoms in total. The minimum Gasteiger partial charge on any atom is -0.347 e. The van der Waals surface area contributed by atoms with E-state index in [1.807, 2.05) is 38.1 Å². The van der Waals surface area contributed by atoms with Crippen LogP contribution in [0.4, 0.5) is 0 Å². The molecule has 0 unspecified atom stereocenters. The van der Waals surface area contributed by atoms with Crippen LogP contribution in [0.25, 0.3) is 0 Å². The molecule has 1 aliphatic rings. The molecule has 0 aliphatic carbocycles. The molecule has 1 aromatic rings. The van der Waals surface area contributed by atoms with Crippen molar-refractivity contribution >= 4 is 17.5 Å². The van der Waals surface area contributed by atoms with Gasteiger partial charge >= 0.3 is 0 Å². The molecule has 19 heavy (non-hydrogen) atoms. The van der Waals surface area contributed by atoms with Gasteiger partial charge in [-0.3, -0.25) is 4.79 Å². The zero-order chi connectivity index (χ0) is 13.9. The quantitative estimate of drug-likeness (QED) is 0.894. The smallest absolute Gasteiger partial charge is 0.223 e. The molecule has 1 saturated heterocycles. The van der Waals surface area contributed by atoms with Crippen LogP contribution in [0.3, 0.4) is 0 Å². The van der Waals surface area contributed by atoms with E-state index < -0.39 is 5.54 Å². The Bertz CT molecular complexity index is 453. The van der Waals surface area contributed by atoms with Gasteiger partial charge in [-0.15, -0.1) is 0 Å². The van der Waals surface area contributed by atoms with Crippen LogP contribution in [0.2, 0.25) is 5.02 Å². The monoisotopic (exact) mass is 280 g/mol. The Labute approximate surface area is 119 Å². The normalized spacial score (nSPS) is 17.2. The zero-order valence-corrected chi connectivity index (χ0v) is 12.3. The molecule has 0 radical (unpaired) electrons. The number of hydrogen-bond acceptors (Lipinski definition) is 2. The number of piperidine rings is 1. The fourth-order valence-electron chi connectivity index (χ4n) is 2.44. The summed E-state index contributed by atoms with van der Waals surface area (Å²) >= 11 is 6.02. The maximum atomic E-state index is 12.3. The summed E-state index contributed by atoms with van der Waals surface area (Å²) in [5, 5.41) is 7.11. The highest BCUT2D eigenvalue weighted by molar-refractivity contribution is 6.30. The molecule has 0 bridgehead atoms. The van der Waals surface area contributed by atoms with Crippen LogP contribution in [0.1, 0.15) is 32.3 Å². The van der Waals surface area contributed by atoms with E-state index in [1.165, 1.54) is 0 Å². The molecule has 2 N–H and O–H groups in total. The number of amides is 1. The van der Waals surface area contributed by atoms with Crippen molar-refractivity contribution in [3.8, 4) is 0 Å². The lowest BCUT2D eigenvalue weighted by Crippen LogP contribution is -2.46. The van der Waals surface area contributed by atoms with E-state index in [2.05, 4.69) is 10.6 Å². The summed E-state index contributed by atoms with van der Waals surface area (Å²) < 4.78 is 0. The lowest BCUT2D eigenvalue weighted by molar-refractivity contribution is -0.127. The predicted octanol–water partition coefficient (Wildman–Crippen LogP) is 2.69. The second kappa shape index (κ2) is 5.93. The first-order chi connectivity index (χ1) is 8.99. The maximum Gasteiger partial charge on any atom is 0.223 e. The summed E-state index contributed by atoms with van der Waals surface area (Å²) in [6, 6.07) is 7.66. The average molecular weight is 281 g/mol. The first-order valence-corrected chi connectivity index (χ1v) is 7.15. The first-order valence-electron chi connectivity index (χ1n) is 6.78. The number of nitrogens with one attached hydrogen (secondary N) is 2. The van der Waals surface area contributed by atoms with Gasteiger partial charge in [0, 0.05) is 10.9 Å². The minimum absolute atomic E-state index is 0.125. The van der Waals surface area contributed by atoms with Crippen molar-refractivity contribution in [3.63, 3.8) is 0 Å². The molecule has 4 heteroatoms. The van der Waals surface area contributed by atoms with Crippen LogP contribution in [0.15, 0.2) is 24.3 Å². The third kappa shape index (κ3) is 3.71. The summed E-state index contributed by atoms with van der Waals surface area (Å²) in [7, 11) is 0. The van der Waals surface area contributed by atoms with Gasteiger partial charge in [-0.1, -0.05) is 23.7 Å². The van der Waals surface area contributed by atoms with Gasteiger partial charge in [-0.25, -0.2) is 0 Å². The summed E-state index contributed by atoms with van der Waals surface area (Å²) in [5.74, 6) is 0.270. The number of carbonyl (C=O) groups excluding carboxylic acids is 1. The highest BCUT2D eigenvalue weighted by Crippen LogP contribution is 2.24. The molecule has 0 aromatic heterocycles. The van der Waals surface area contributed by atoms with E-state index in [0.29, 0.717) is 5.02 Å². The highest BCUT2D eigenvalue weighted by atomic mass is 35.5. The van der Waals surface area contributed by atoms with Crippen molar-refractivity contribution in [2.45, 2.75) is 32.2 Å². The summed E-state index contributed by atoms with van der Waals surface area (Å²) in [5.41, 5.74) is 0.634. The Morgan fingerprint density at radius 1 is 1.37 bits per heavy atom. The predicted molar refractivity (Wildman–Crippen MR) is 78.2 cm³/mol. The fraction of sp³-hybridized carbons (Fsp3) is 0.533. The van der Waals surface area contributed by atoms with Gasteiger partial charge < -0.3 is 10.6 Å². The van der Waals surface area contributed by atoms with Crippen LogP contribution in [0, 0.1) is 5.92 Å². The minimum atomic E-state index is -0.396. The average Bonchev–Trinajstić information content (AvgIpc) is 2.39. The molecule has 104 valence electrons. The molecule has 1 amide bonds. The lowest BCUT2D eigenvalue weighted by atomic mass is 9.91. The van der Waals surface area contributed by atoms with Crippen LogP contribution >= 0.6 is 11.6 Å². The number of hydrogen-bond donors (Lipinski definition) is 2. The Morgan fingerprint density at radius 2 is 2.05 bits per heavy atom. The van der Waals surface area contributed by atoms with Crippen LogP contribution < -0.4 is 10.6 Å². The van der Waals surface area contributed by atoms with Gasteiger partial charge in [0.05, 0.1) is 5.54 Å². The third-order valence-electron chi connectivity index (χ3n) is 3.69. The second-order valence-electron chi connectivity index (χ2n) is 5.65. The van der Waals surface area contributed by atoms with Crippen molar-refractivity contribution in [2.24, 2.45) is 5.92 Å². The van der Waals surface area contributed by atoms with Crippen LogP contribution in [0.5, 0.6) is 0 Å². The maximum absolute atomic E-state index is 12.3. The molecule has 2 rings (SSSR count). The summed E-state index contributed by atoms with van der Waals surface area (Å²) in [6.07, 6.45) is 1.83. The van der Waals surface area contributed by atoms with Gasteiger partial charge in [-0.05, 0) is 57.5 Å². The largest absolute Gasteiger partial charge is 0.347 e. The molecular formula is C15H21ClN2O. The first kappa shape index (κ1) is 14.4. The number of rotatable bonds is 3. The van der Waals surface area contributed by atoms with Gasteiger partial charge in [0.1, 0.15) is 0 Å². The van der Waals surface area contributed by atoms with E-state index in [1.54, 1.807) is 0 Å². The summed E-state index contributed by atoms with van der Waals surface area (Å²) in [6.45, 7) is 5.88. The second-order valence-corrected chi connectivity index (χ2v) is 6.09. The van der Waals surface area contributed by atoms with E-state index in [4.69, 9.17) is 11.6 Å². The summed E-state index contributed by atoms with van der Waals surface area (Å²) in [4.78, 5) is 12.3. The highest BCUT2D eigenvalue weighted by Gasteiger charge is 2.28. The number of carbonyl (C=O) groups is 1. The van der Waals surface area contributed by atoms with Crippen LogP contribution in [-0.2, 0) is 10.3 Å². The van der Waals surface area contributed by atoms with E-state index >= 15 is 0 Å². The third-order valence-corrected chi connectivity index (χ3v) is 3.93. The zero-order valence-electron chi connectivity index (χ0n) is 11.5. The van der Waals surface area contributed by atoms with E-state index in [9.17, 15) is 4.79 Å². The molecule has 0 saturated carbocycles. The Kier molecular flexibility index (Phi) is 4.48. The van der Waals surface area contributed by atoms with Gasteiger partial charge in [0.15, 0.2) is 0 Å². The van der Waals surface area contributed by atoms with Crippen molar-refractivity contribution in [3.05, 3.63) is 34.9 Å². The molecule has 1 aliphatic heterocycles. The Balaban J connectivity index is 2.05. The van der Waals surface area contributed by atoms with E-state index in [-0.39, 0.29) is 11.8 Å². The fourth-order valence-corrected chi connectivity index (χ4v) is 2.63. The molecular weight excluding hydrogens is 260 g/mol. The SMILES string of the molecule is CC(C)(NC(=O)C1CCNCC1)c1cccc(Cl)c1. The van der Waals surface area contributed by atoms with Gasteiger partial charge in [0.2, 0.25) is 5.91 Å². The van der Waals surface area contributed by atoms with Crippen molar-refractivity contribution in [2.75, 3.05) is 13.1 Å². The van der Waals surface area contributed by atoms with Crippen molar-refractivity contribution < 1.29 is 4.79 Å². The van der Waals surface area contributed by atoms with Crippen molar-refractivity contribution in [1.29, 1.82) is 0 Å². The van der Waals surface area contributed by atoms with Gasteiger partial charge in [-0.2, -0.15) is 0 Å². The molecule has 1 fully saturated rings. The topological polar surface area (TPSA) is 41.1 Å². The van der Waals surface area contributed by atoms with Gasteiger partial charge in [0.25, 0.3) is 0 Å². The van der Waals surface area contributed by atoms with E-state index in [0.717, 1.165) is 31.5 Å². The standard InChI is InChI=1S/C15H21ClN2O/c1-15(2,12-4-3-5-13(16)10-12)18-14(19)11-6-8-17-9-7-11/h3-5,10-11,17H,6-9H2,1-2H3,(H,18,19). The Hall–Kier alpha value is -1.06. The molecule has 1 heterocycles. The van der Waals surface area contributed by atoms with Crippen molar-refractivity contribution in [1.82, 2.24) is 10.6 Å². The Morgan fingerprint density at radius 3 is 2.68 bits per heavy atom. The van der Waals surface area contributed by atoms with Crippen LogP contribution in [-0.4, -0.2) is 19.0 Å². The lowest BCUT2D eigenvalue weighted by Gasteiger charge is -2.31.